The summed E-state index contributed by atoms with van der Waals surface area (Å²) >= 11 is 0. The van der Waals surface area contributed by atoms with E-state index in [2.05, 4.69) is 10.6 Å². The van der Waals surface area contributed by atoms with Crippen molar-refractivity contribution in [2.45, 2.75) is 57.4 Å². The maximum absolute atomic E-state index is 13.2. The minimum atomic E-state index is -4.56. The number of nitrogens with one attached hydrogen (secondary N) is 2. The zero-order valence-corrected chi connectivity index (χ0v) is 12.8. The molecule has 2 rings (SSSR count). The Morgan fingerprint density at radius 1 is 1.30 bits per heavy atom. The van der Waals surface area contributed by atoms with Gasteiger partial charge in [0.15, 0.2) is 0 Å². The Labute approximate surface area is 132 Å². The number of hydrogen-bond donors (Lipinski definition) is 2. The molecule has 23 heavy (non-hydrogen) atoms. The highest BCUT2D eigenvalue weighted by molar-refractivity contribution is 5.81. The van der Waals surface area contributed by atoms with Gasteiger partial charge in [-0.15, -0.1) is 0 Å². The Morgan fingerprint density at radius 2 is 1.96 bits per heavy atom. The van der Waals surface area contributed by atoms with E-state index in [9.17, 15) is 22.4 Å². The molecule has 1 aliphatic carbocycles. The largest absolute Gasteiger partial charge is 0.416 e. The standard InChI is InChI=1S/C16H20F4N2O/c1-10(15(23)22-13-4-2-3-5-13)21-9-11-8-12(17)6-7-14(11)16(18,19)20/h6-8,10,13,21H,2-5,9H2,1H3,(H,22,23)/t10-/m0/s1. The van der Waals surface area contributed by atoms with Gasteiger partial charge in [-0.05, 0) is 43.5 Å². The number of alkyl halides is 3. The average Bonchev–Trinajstić information content (AvgIpc) is 2.96. The van der Waals surface area contributed by atoms with Crippen molar-refractivity contribution in [3.8, 4) is 0 Å². The van der Waals surface area contributed by atoms with E-state index in [0.717, 1.165) is 43.9 Å². The van der Waals surface area contributed by atoms with E-state index < -0.39 is 23.6 Å². The van der Waals surface area contributed by atoms with Gasteiger partial charge in [0.05, 0.1) is 11.6 Å². The second-order valence-corrected chi connectivity index (χ2v) is 5.89. The number of carbonyl (C=O) groups excluding carboxylic acids is 1. The molecule has 128 valence electrons. The number of halogens is 4. The fraction of sp³-hybridized carbons (Fsp3) is 0.562. The van der Waals surface area contributed by atoms with Crippen LogP contribution in [0, 0.1) is 5.82 Å². The van der Waals surface area contributed by atoms with Gasteiger partial charge in [-0.1, -0.05) is 12.8 Å². The van der Waals surface area contributed by atoms with Crippen LogP contribution in [0.25, 0.3) is 0 Å². The van der Waals surface area contributed by atoms with Gasteiger partial charge in [0, 0.05) is 12.6 Å². The molecule has 1 aromatic rings. The van der Waals surface area contributed by atoms with Crippen molar-refractivity contribution >= 4 is 5.91 Å². The van der Waals surface area contributed by atoms with Crippen LogP contribution in [0.4, 0.5) is 17.6 Å². The highest BCUT2D eigenvalue weighted by Gasteiger charge is 2.33. The second kappa shape index (κ2) is 7.29. The van der Waals surface area contributed by atoms with Crippen molar-refractivity contribution in [1.82, 2.24) is 10.6 Å². The molecule has 1 amide bonds. The van der Waals surface area contributed by atoms with Gasteiger partial charge in [0.2, 0.25) is 5.91 Å². The number of amides is 1. The van der Waals surface area contributed by atoms with Crippen LogP contribution in [0.2, 0.25) is 0 Å². The fourth-order valence-corrected chi connectivity index (χ4v) is 2.74. The molecule has 7 heteroatoms. The third-order valence-corrected chi connectivity index (χ3v) is 4.07. The molecule has 1 aromatic carbocycles. The summed E-state index contributed by atoms with van der Waals surface area (Å²) in [5.41, 5.74) is -1.10. The van der Waals surface area contributed by atoms with Gasteiger partial charge < -0.3 is 10.6 Å². The van der Waals surface area contributed by atoms with Gasteiger partial charge in [0.1, 0.15) is 5.82 Å². The van der Waals surface area contributed by atoms with Gasteiger partial charge in [-0.2, -0.15) is 13.2 Å². The first-order valence-corrected chi connectivity index (χ1v) is 7.67. The highest BCUT2D eigenvalue weighted by atomic mass is 19.4. The number of benzene rings is 1. The molecular weight excluding hydrogens is 312 g/mol. The lowest BCUT2D eigenvalue weighted by molar-refractivity contribution is -0.138. The number of rotatable bonds is 5. The van der Waals surface area contributed by atoms with E-state index in [1.165, 1.54) is 0 Å². The van der Waals surface area contributed by atoms with Crippen LogP contribution in [0.5, 0.6) is 0 Å². The molecule has 1 fully saturated rings. The van der Waals surface area contributed by atoms with Crippen LogP contribution >= 0.6 is 0 Å². The van der Waals surface area contributed by atoms with Crippen molar-refractivity contribution in [2.75, 3.05) is 0 Å². The van der Waals surface area contributed by atoms with Gasteiger partial charge in [-0.25, -0.2) is 4.39 Å². The summed E-state index contributed by atoms with van der Waals surface area (Å²) in [4.78, 5) is 12.0. The molecule has 0 bridgehead atoms. The van der Waals surface area contributed by atoms with Crippen molar-refractivity contribution in [1.29, 1.82) is 0 Å². The van der Waals surface area contributed by atoms with Crippen molar-refractivity contribution in [3.63, 3.8) is 0 Å². The third kappa shape index (κ3) is 4.92. The summed E-state index contributed by atoms with van der Waals surface area (Å²) in [7, 11) is 0. The van der Waals surface area contributed by atoms with Gasteiger partial charge in [-0.3, -0.25) is 4.79 Å². The lowest BCUT2D eigenvalue weighted by atomic mass is 10.1. The minimum absolute atomic E-state index is 0.145. The van der Waals surface area contributed by atoms with Crippen molar-refractivity contribution in [2.24, 2.45) is 0 Å². The average molecular weight is 332 g/mol. The first-order chi connectivity index (χ1) is 10.8. The number of hydrogen-bond acceptors (Lipinski definition) is 2. The maximum atomic E-state index is 13.2. The normalized spacial score (nSPS) is 17.3. The Balaban J connectivity index is 1.96. The topological polar surface area (TPSA) is 41.1 Å². The van der Waals surface area contributed by atoms with E-state index >= 15 is 0 Å². The summed E-state index contributed by atoms with van der Waals surface area (Å²) in [6.45, 7) is 1.35. The smallest absolute Gasteiger partial charge is 0.352 e. The molecule has 0 unspecified atom stereocenters. The Hall–Kier alpha value is -1.63. The molecule has 1 saturated carbocycles. The molecule has 3 nitrogen and oxygen atoms in total. The minimum Gasteiger partial charge on any atom is -0.352 e. The molecule has 0 aliphatic heterocycles. The predicted octanol–water partition coefficient (Wildman–Crippen LogP) is 3.38. The monoisotopic (exact) mass is 332 g/mol. The summed E-state index contributed by atoms with van der Waals surface area (Å²) in [6.07, 6.45) is -0.544. The maximum Gasteiger partial charge on any atom is 0.416 e. The van der Waals surface area contributed by atoms with Crippen molar-refractivity contribution < 1.29 is 22.4 Å². The van der Waals surface area contributed by atoms with E-state index in [1.807, 2.05) is 0 Å². The summed E-state index contributed by atoms with van der Waals surface area (Å²) in [5, 5.41) is 5.61. The van der Waals surface area contributed by atoms with E-state index in [0.29, 0.717) is 0 Å². The SMILES string of the molecule is C[C@H](NCc1cc(F)ccc1C(F)(F)F)C(=O)NC1CCCC1. The molecule has 0 spiro atoms. The third-order valence-electron chi connectivity index (χ3n) is 4.07. The molecule has 0 radical (unpaired) electrons. The molecule has 1 atom stereocenters. The molecule has 1 aliphatic rings. The molecule has 2 N–H and O–H groups in total. The first-order valence-electron chi connectivity index (χ1n) is 7.67. The Morgan fingerprint density at radius 3 is 2.57 bits per heavy atom. The molecular formula is C16H20F4N2O. The van der Waals surface area contributed by atoms with Crippen LogP contribution in [0.1, 0.15) is 43.7 Å². The van der Waals surface area contributed by atoms with Crippen LogP contribution in [-0.4, -0.2) is 18.0 Å². The van der Waals surface area contributed by atoms with E-state index in [-0.39, 0.29) is 24.1 Å². The lowest BCUT2D eigenvalue weighted by Crippen LogP contribution is -2.45. The zero-order chi connectivity index (χ0) is 17.0. The lowest BCUT2D eigenvalue weighted by Gasteiger charge is -2.19. The quantitative estimate of drug-likeness (QED) is 0.812. The fourth-order valence-electron chi connectivity index (χ4n) is 2.74. The van der Waals surface area contributed by atoms with E-state index in [4.69, 9.17) is 0 Å². The van der Waals surface area contributed by atoms with Gasteiger partial charge >= 0.3 is 6.18 Å². The zero-order valence-electron chi connectivity index (χ0n) is 12.8. The highest BCUT2D eigenvalue weighted by Crippen LogP contribution is 2.32. The summed E-state index contributed by atoms with van der Waals surface area (Å²) in [6, 6.07) is 1.84. The van der Waals surface area contributed by atoms with Crippen LogP contribution in [0.3, 0.4) is 0 Å². The van der Waals surface area contributed by atoms with Crippen LogP contribution in [-0.2, 0) is 17.5 Å². The Kier molecular flexibility index (Phi) is 5.62. The molecule has 0 saturated heterocycles. The molecule has 0 heterocycles. The number of carbonyl (C=O) groups is 1. The Bertz CT molecular complexity index is 554. The summed E-state index contributed by atoms with van der Waals surface area (Å²) in [5.74, 6) is -0.986. The van der Waals surface area contributed by atoms with Crippen LogP contribution < -0.4 is 10.6 Å². The molecule has 0 aromatic heterocycles. The second-order valence-electron chi connectivity index (χ2n) is 5.89. The van der Waals surface area contributed by atoms with Gasteiger partial charge in [0.25, 0.3) is 0 Å². The van der Waals surface area contributed by atoms with Crippen molar-refractivity contribution in [3.05, 3.63) is 35.1 Å². The van der Waals surface area contributed by atoms with E-state index in [1.54, 1.807) is 6.92 Å². The predicted molar refractivity (Wildman–Crippen MR) is 78.1 cm³/mol. The summed E-state index contributed by atoms with van der Waals surface area (Å²) < 4.78 is 51.9. The first kappa shape index (κ1) is 17.7. The van der Waals surface area contributed by atoms with Crippen LogP contribution in [0.15, 0.2) is 18.2 Å².